The molecule has 0 saturated carbocycles. The summed E-state index contributed by atoms with van der Waals surface area (Å²) in [5.41, 5.74) is 2.73. The number of aromatic nitrogens is 2. The number of hydrogen-bond acceptors (Lipinski definition) is 5. The van der Waals surface area contributed by atoms with Crippen molar-refractivity contribution in [3.8, 4) is 11.5 Å². The number of hydrogen-bond donors (Lipinski definition) is 2. The van der Waals surface area contributed by atoms with E-state index >= 15 is 0 Å². The molecule has 0 saturated heterocycles. The highest BCUT2D eigenvalue weighted by atomic mass is 35.5. The Hall–Kier alpha value is -3.62. The van der Waals surface area contributed by atoms with Crippen molar-refractivity contribution < 1.29 is 9.47 Å². The van der Waals surface area contributed by atoms with Gasteiger partial charge in [-0.1, -0.05) is 23.7 Å². The van der Waals surface area contributed by atoms with E-state index in [1.54, 1.807) is 44.8 Å². The van der Waals surface area contributed by atoms with Gasteiger partial charge in [0.25, 0.3) is 5.56 Å². The first-order valence-electron chi connectivity index (χ1n) is 10.4. The van der Waals surface area contributed by atoms with Gasteiger partial charge in [-0.25, -0.2) is 0 Å². The van der Waals surface area contributed by atoms with Crippen LogP contribution >= 0.6 is 23.8 Å². The second kappa shape index (κ2) is 10.5. The smallest absolute Gasteiger partial charge is 0.253 e. The number of pyridine rings is 2. The van der Waals surface area contributed by atoms with E-state index in [1.807, 2.05) is 41.3 Å². The van der Waals surface area contributed by atoms with Crippen molar-refractivity contribution in [1.29, 1.82) is 0 Å². The second-order valence-electron chi connectivity index (χ2n) is 7.58. The lowest BCUT2D eigenvalue weighted by Gasteiger charge is -2.26. The lowest BCUT2D eigenvalue weighted by molar-refractivity contribution is 0.355. The van der Waals surface area contributed by atoms with Gasteiger partial charge < -0.3 is 24.7 Å². The minimum atomic E-state index is -0.207. The van der Waals surface area contributed by atoms with Gasteiger partial charge in [0.15, 0.2) is 16.6 Å². The molecular weight excluding hydrogens is 472 g/mol. The number of rotatable bonds is 7. The Morgan fingerprint density at radius 1 is 1.09 bits per heavy atom. The number of fused-ring (bicyclic) bond motifs is 1. The molecule has 2 aromatic heterocycles. The van der Waals surface area contributed by atoms with Crippen molar-refractivity contribution in [2.24, 2.45) is 0 Å². The van der Waals surface area contributed by atoms with Gasteiger partial charge in [-0.3, -0.25) is 9.78 Å². The highest BCUT2D eigenvalue weighted by Crippen LogP contribution is 2.31. The van der Waals surface area contributed by atoms with Crippen molar-refractivity contribution in [2.45, 2.75) is 13.1 Å². The quantitative estimate of drug-likeness (QED) is 0.350. The lowest BCUT2D eigenvalue weighted by atomic mass is 10.1. The fourth-order valence-electron chi connectivity index (χ4n) is 3.58. The molecule has 2 N–H and O–H groups in total. The summed E-state index contributed by atoms with van der Waals surface area (Å²) in [6.45, 7) is 0.741. The van der Waals surface area contributed by atoms with Gasteiger partial charge in [0.1, 0.15) is 0 Å². The average molecular weight is 495 g/mol. The van der Waals surface area contributed by atoms with Gasteiger partial charge in [0.05, 0.1) is 26.3 Å². The Kier molecular flexibility index (Phi) is 7.30. The molecule has 9 heteroatoms. The summed E-state index contributed by atoms with van der Waals surface area (Å²) >= 11 is 11.8. The van der Waals surface area contributed by atoms with Crippen LogP contribution < -0.4 is 20.3 Å². The molecule has 0 bridgehead atoms. The molecule has 0 aliphatic rings. The van der Waals surface area contributed by atoms with Crippen LogP contribution in [0.3, 0.4) is 0 Å². The topological polar surface area (TPSA) is 79.5 Å². The predicted molar refractivity (Wildman–Crippen MR) is 139 cm³/mol. The Bertz CT molecular complexity index is 1380. The summed E-state index contributed by atoms with van der Waals surface area (Å²) in [6.07, 6.45) is 3.49. The zero-order chi connectivity index (χ0) is 24.1. The number of H-pyrrole nitrogens is 1. The third-order valence-electron chi connectivity index (χ3n) is 5.25. The zero-order valence-corrected chi connectivity index (χ0v) is 20.2. The third kappa shape index (κ3) is 5.47. The number of thiocarbonyl (C=S) groups is 1. The van der Waals surface area contributed by atoms with E-state index in [0.717, 1.165) is 16.6 Å². The van der Waals surface area contributed by atoms with E-state index in [0.29, 0.717) is 39.3 Å². The summed E-state index contributed by atoms with van der Waals surface area (Å²) in [5.74, 6) is 1.13. The predicted octanol–water partition coefficient (Wildman–Crippen LogP) is 4.99. The average Bonchev–Trinajstić information content (AvgIpc) is 2.84. The monoisotopic (exact) mass is 494 g/mol. The number of nitrogens with zero attached hydrogens (tertiary/aromatic N) is 2. The van der Waals surface area contributed by atoms with Crippen LogP contribution in [0, 0.1) is 0 Å². The molecule has 0 aliphatic carbocycles. The molecule has 0 spiro atoms. The molecule has 2 heterocycles. The Morgan fingerprint density at radius 3 is 2.59 bits per heavy atom. The molecular formula is C25H23ClN4O3S. The van der Waals surface area contributed by atoms with Crippen molar-refractivity contribution in [2.75, 3.05) is 19.5 Å². The van der Waals surface area contributed by atoms with Gasteiger partial charge >= 0.3 is 0 Å². The maximum absolute atomic E-state index is 13.0. The first kappa shape index (κ1) is 23.5. The summed E-state index contributed by atoms with van der Waals surface area (Å²) in [5, 5.41) is 5.09. The van der Waals surface area contributed by atoms with E-state index in [4.69, 9.17) is 33.3 Å². The van der Waals surface area contributed by atoms with E-state index < -0.39 is 0 Å². The minimum absolute atomic E-state index is 0.207. The first-order chi connectivity index (χ1) is 16.5. The van der Waals surface area contributed by atoms with Gasteiger partial charge in [0, 0.05) is 46.7 Å². The molecule has 0 amide bonds. The summed E-state index contributed by atoms with van der Waals surface area (Å²) in [4.78, 5) is 22.0. The van der Waals surface area contributed by atoms with Crippen LogP contribution in [-0.4, -0.2) is 34.2 Å². The van der Waals surface area contributed by atoms with Crippen LogP contribution in [0.15, 0.2) is 71.8 Å². The van der Waals surface area contributed by atoms with E-state index in [9.17, 15) is 4.79 Å². The number of halogens is 1. The fraction of sp³-hybridized carbons (Fsp3) is 0.160. The molecule has 0 fully saturated rings. The van der Waals surface area contributed by atoms with E-state index in [2.05, 4.69) is 15.3 Å². The number of nitrogens with one attached hydrogen (secondary N) is 2. The number of methoxy groups -OCH3 is 2. The minimum Gasteiger partial charge on any atom is -0.493 e. The van der Waals surface area contributed by atoms with Gasteiger partial charge in [-0.05, 0) is 54.2 Å². The fourth-order valence-corrected chi connectivity index (χ4v) is 4.02. The molecule has 7 nitrogen and oxygen atoms in total. The summed E-state index contributed by atoms with van der Waals surface area (Å²) in [7, 11) is 3.13. The van der Waals surface area contributed by atoms with Crippen molar-refractivity contribution in [1.82, 2.24) is 14.9 Å². The summed E-state index contributed by atoms with van der Waals surface area (Å²) < 4.78 is 10.8. The maximum Gasteiger partial charge on any atom is 0.253 e. The third-order valence-corrected chi connectivity index (χ3v) is 5.84. The maximum atomic E-state index is 13.0. The van der Waals surface area contributed by atoms with Crippen LogP contribution in [0.25, 0.3) is 10.9 Å². The normalized spacial score (nSPS) is 10.7. The standard InChI is InChI=1S/C25H23ClN4O3S/c1-32-22-10-17-9-18(24(31)29-21(17)12-23(22)33-2)15-30(14-16-5-4-8-27-13-16)25(34)28-20-7-3-6-19(26)11-20/h3-13H,14-15H2,1-2H3,(H,28,34)(H,29,31). The highest BCUT2D eigenvalue weighted by molar-refractivity contribution is 7.80. The molecule has 0 aliphatic heterocycles. The Balaban J connectivity index is 1.67. The van der Waals surface area contributed by atoms with Crippen LogP contribution in [-0.2, 0) is 13.1 Å². The largest absolute Gasteiger partial charge is 0.493 e. The number of aromatic amines is 1. The van der Waals surface area contributed by atoms with E-state index in [1.165, 1.54) is 0 Å². The summed E-state index contributed by atoms with van der Waals surface area (Å²) in [6, 6.07) is 16.6. The molecule has 0 unspecified atom stereocenters. The van der Waals surface area contributed by atoms with Crippen LogP contribution in [0.4, 0.5) is 5.69 Å². The van der Waals surface area contributed by atoms with Crippen molar-refractivity contribution >= 4 is 45.5 Å². The molecule has 4 aromatic rings. The molecule has 0 atom stereocenters. The molecule has 34 heavy (non-hydrogen) atoms. The molecule has 2 aromatic carbocycles. The Morgan fingerprint density at radius 2 is 1.88 bits per heavy atom. The number of benzene rings is 2. The zero-order valence-electron chi connectivity index (χ0n) is 18.7. The molecule has 0 radical (unpaired) electrons. The molecule has 4 rings (SSSR count). The van der Waals surface area contributed by atoms with Gasteiger partial charge in [-0.2, -0.15) is 0 Å². The van der Waals surface area contributed by atoms with Crippen LogP contribution in [0.2, 0.25) is 5.02 Å². The van der Waals surface area contributed by atoms with E-state index in [-0.39, 0.29) is 12.1 Å². The van der Waals surface area contributed by atoms with Crippen molar-refractivity contribution in [3.05, 3.63) is 93.5 Å². The van der Waals surface area contributed by atoms with Crippen LogP contribution in [0.5, 0.6) is 11.5 Å². The first-order valence-corrected chi connectivity index (χ1v) is 11.2. The highest BCUT2D eigenvalue weighted by Gasteiger charge is 2.16. The molecule has 174 valence electrons. The lowest BCUT2D eigenvalue weighted by Crippen LogP contribution is -2.35. The van der Waals surface area contributed by atoms with Crippen molar-refractivity contribution in [3.63, 3.8) is 0 Å². The number of ether oxygens (including phenoxy) is 2. The number of anilines is 1. The van der Waals surface area contributed by atoms with Crippen LogP contribution in [0.1, 0.15) is 11.1 Å². The SMILES string of the molecule is COc1cc2cc(CN(Cc3cccnc3)C(=S)Nc3cccc(Cl)c3)c(=O)[nH]c2cc1OC. The van der Waals surface area contributed by atoms with Gasteiger partial charge in [-0.15, -0.1) is 0 Å². The Labute approximate surface area is 207 Å². The second-order valence-corrected chi connectivity index (χ2v) is 8.40. The van der Waals surface area contributed by atoms with Gasteiger partial charge in [0.2, 0.25) is 0 Å².